The van der Waals surface area contributed by atoms with E-state index in [0.717, 1.165) is 25.7 Å². The van der Waals surface area contributed by atoms with Crippen molar-refractivity contribution in [2.24, 2.45) is 17.8 Å². The standard InChI is InChI=1S/C28H54O3Si2/c1-12-13-14-15-23(30-32(8,9)27(2,3)4)16-17-24-25-20-22(29)18-21(25)19-26(24)31-33(10,11)28(5,6)7/h16-17,21,23-26H,12-15,18-20H2,1-11H3/t21-,23-,24+,25-,26+/m0/s1. The van der Waals surface area contributed by atoms with Crippen LogP contribution in [0.15, 0.2) is 12.2 Å². The second-order valence-corrected chi connectivity index (χ2v) is 23.4. The molecule has 0 unspecified atom stereocenters. The van der Waals surface area contributed by atoms with Crippen molar-refractivity contribution >= 4 is 22.4 Å². The summed E-state index contributed by atoms with van der Waals surface area (Å²) in [6, 6.07) is 0. The molecule has 5 heteroatoms. The van der Waals surface area contributed by atoms with Crippen LogP contribution in [0.5, 0.6) is 0 Å². The average Bonchev–Trinajstić information content (AvgIpc) is 3.12. The lowest BCUT2D eigenvalue weighted by atomic mass is 9.90. The third kappa shape index (κ3) is 7.38. The van der Waals surface area contributed by atoms with E-state index in [0.29, 0.717) is 23.5 Å². The Kier molecular flexibility index (Phi) is 9.49. The Morgan fingerprint density at radius 3 is 2.12 bits per heavy atom. The van der Waals surface area contributed by atoms with E-state index in [2.05, 4.69) is 86.8 Å². The molecule has 0 radical (unpaired) electrons. The molecule has 3 nitrogen and oxygen atoms in total. The predicted octanol–water partition coefficient (Wildman–Crippen LogP) is 8.52. The maximum Gasteiger partial charge on any atom is 0.192 e. The van der Waals surface area contributed by atoms with Crippen molar-refractivity contribution in [3.05, 3.63) is 12.2 Å². The van der Waals surface area contributed by atoms with Gasteiger partial charge in [-0.05, 0) is 60.9 Å². The monoisotopic (exact) mass is 494 g/mol. The number of ketones is 1. The molecule has 5 atom stereocenters. The summed E-state index contributed by atoms with van der Waals surface area (Å²) in [4.78, 5) is 12.3. The van der Waals surface area contributed by atoms with Crippen molar-refractivity contribution in [3.8, 4) is 0 Å². The molecule has 0 aromatic carbocycles. The zero-order valence-electron chi connectivity index (χ0n) is 23.7. The van der Waals surface area contributed by atoms with Gasteiger partial charge in [-0.3, -0.25) is 4.79 Å². The third-order valence-corrected chi connectivity index (χ3v) is 18.2. The summed E-state index contributed by atoms with van der Waals surface area (Å²) in [5.74, 6) is 1.74. The van der Waals surface area contributed by atoms with Gasteiger partial charge >= 0.3 is 0 Å². The fourth-order valence-corrected chi connectivity index (χ4v) is 7.61. The van der Waals surface area contributed by atoms with Crippen LogP contribution >= 0.6 is 0 Å². The zero-order chi connectivity index (χ0) is 25.2. The molecule has 0 heterocycles. The topological polar surface area (TPSA) is 35.5 Å². The van der Waals surface area contributed by atoms with E-state index in [1.54, 1.807) is 0 Å². The average molecular weight is 495 g/mol. The Bertz CT molecular complexity index is 684. The normalized spacial score (nSPS) is 28.0. The van der Waals surface area contributed by atoms with Gasteiger partial charge in [0.15, 0.2) is 16.6 Å². The lowest BCUT2D eigenvalue weighted by Gasteiger charge is -2.40. The van der Waals surface area contributed by atoms with Gasteiger partial charge in [0.1, 0.15) is 5.78 Å². The van der Waals surface area contributed by atoms with Crippen LogP contribution in [0.2, 0.25) is 36.3 Å². The fraction of sp³-hybridized carbons (Fsp3) is 0.893. The van der Waals surface area contributed by atoms with Gasteiger partial charge in [-0.25, -0.2) is 0 Å². The Hall–Kier alpha value is -0.236. The highest BCUT2D eigenvalue weighted by Crippen LogP contribution is 2.50. The Morgan fingerprint density at radius 2 is 1.58 bits per heavy atom. The number of unbranched alkanes of at least 4 members (excludes halogenated alkanes) is 2. The van der Waals surface area contributed by atoms with Crippen molar-refractivity contribution in [2.45, 2.75) is 142 Å². The molecule has 0 aliphatic heterocycles. The van der Waals surface area contributed by atoms with Crippen molar-refractivity contribution in [1.29, 1.82) is 0 Å². The molecule has 2 aliphatic carbocycles. The lowest BCUT2D eigenvalue weighted by molar-refractivity contribution is -0.118. The highest BCUT2D eigenvalue weighted by molar-refractivity contribution is 6.74. The number of carbonyl (C=O) groups is 1. The second-order valence-electron chi connectivity index (χ2n) is 13.9. The van der Waals surface area contributed by atoms with E-state index < -0.39 is 16.6 Å². The molecular formula is C28H54O3Si2. The summed E-state index contributed by atoms with van der Waals surface area (Å²) >= 11 is 0. The largest absolute Gasteiger partial charge is 0.413 e. The van der Waals surface area contributed by atoms with Crippen LogP contribution in [0.25, 0.3) is 0 Å². The van der Waals surface area contributed by atoms with Crippen molar-refractivity contribution < 1.29 is 13.6 Å². The predicted molar refractivity (Wildman–Crippen MR) is 147 cm³/mol. The minimum Gasteiger partial charge on any atom is -0.413 e. The van der Waals surface area contributed by atoms with E-state index in [-0.39, 0.29) is 22.3 Å². The van der Waals surface area contributed by atoms with Gasteiger partial charge in [-0.2, -0.15) is 0 Å². The van der Waals surface area contributed by atoms with E-state index in [9.17, 15) is 4.79 Å². The van der Waals surface area contributed by atoms with Crippen LogP contribution in [0, 0.1) is 17.8 Å². The molecule has 0 amide bonds. The highest BCUT2D eigenvalue weighted by Gasteiger charge is 2.50. The molecule has 2 fully saturated rings. The highest BCUT2D eigenvalue weighted by atomic mass is 28.4. The minimum absolute atomic E-state index is 0.169. The number of Topliss-reactive ketones (excluding diaryl/α,β-unsaturated/α-hetero) is 1. The summed E-state index contributed by atoms with van der Waals surface area (Å²) < 4.78 is 13.9. The smallest absolute Gasteiger partial charge is 0.192 e. The first-order chi connectivity index (χ1) is 15.0. The summed E-state index contributed by atoms with van der Waals surface area (Å²) in [5, 5.41) is 0.400. The maximum atomic E-state index is 12.3. The van der Waals surface area contributed by atoms with Gasteiger partial charge in [0.05, 0.1) is 12.2 Å². The Morgan fingerprint density at radius 1 is 0.970 bits per heavy atom. The fourth-order valence-electron chi connectivity index (χ4n) is 4.94. The molecule has 2 rings (SSSR count). The molecule has 2 saturated carbocycles. The van der Waals surface area contributed by atoms with Crippen LogP contribution < -0.4 is 0 Å². The first-order valence-electron chi connectivity index (χ1n) is 13.5. The molecule has 2 aliphatic rings. The summed E-state index contributed by atoms with van der Waals surface area (Å²) in [5.41, 5.74) is 0. The van der Waals surface area contributed by atoms with E-state index in [4.69, 9.17) is 8.85 Å². The molecule has 33 heavy (non-hydrogen) atoms. The third-order valence-electron chi connectivity index (χ3n) is 9.16. The number of rotatable bonds is 10. The molecule has 192 valence electrons. The van der Waals surface area contributed by atoms with Crippen LogP contribution in [0.4, 0.5) is 0 Å². The second kappa shape index (κ2) is 10.8. The van der Waals surface area contributed by atoms with Crippen LogP contribution in [0.1, 0.15) is 93.4 Å². The lowest BCUT2D eigenvalue weighted by Crippen LogP contribution is -2.45. The summed E-state index contributed by atoms with van der Waals surface area (Å²) in [6.45, 7) is 25.6. The molecule has 0 N–H and O–H groups in total. The van der Waals surface area contributed by atoms with Gasteiger partial charge in [0.2, 0.25) is 0 Å². The van der Waals surface area contributed by atoms with Crippen molar-refractivity contribution in [2.75, 3.05) is 0 Å². The van der Waals surface area contributed by atoms with Gasteiger partial charge in [-0.1, -0.05) is 79.9 Å². The number of hydrogen-bond acceptors (Lipinski definition) is 3. The molecule has 0 aromatic rings. The number of hydrogen-bond donors (Lipinski definition) is 0. The molecule has 0 bridgehead atoms. The summed E-state index contributed by atoms with van der Waals surface area (Å²) in [6.07, 6.45) is 12.5. The first kappa shape index (κ1) is 29.0. The van der Waals surface area contributed by atoms with E-state index in [1.807, 2.05) is 0 Å². The van der Waals surface area contributed by atoms with Gasteiger partial charge in [0, 0.05) is 18.8 Å². The maximum absolute atomic E-state index is 12.3. The number of carbonyl (C=O) groups excluding carboxylic acids is 1. The molecule has 0 aromatic heterocycles. The molecule has 0 saturated heterocycles. The van der Waals surface area contributed by atoms with E-state index in [1.165, 1.54) is 19.3 Å². The quantitative estimate of drug-likeness (QED) is 0.173. The van der Waals surface area contributed by atoms with Crippen LogP contribution in [-0.4, -0.2) is 34.6 Å². The Labute approximate surface area is 207 Å². The first-order valence-corrected chi connectivity index (χ1v) is 19.4. The number of fused-ring (bicyclic) bond motifs is 1. The minimum atomic E-state index is -1.87. The van der Waals surface area contributed by atoms with Crippen molar-refractivity contribution in [3.63, 3.8) is 0 Å². The zero-order valence-corrected chi connectivity index (χ0v) is 25.7. The molecular weight excluding hydrogens is 440 g/mol. The SMILES string of the molecule is CCCCC[C@@H](C=C[C@@H]1[C@H]2CC(=O)C[C@H]2C[C@H]1O[Si](C)(C)C(C)(C)C)O[Si](C)(C)C(C)(C)C. The van der Waals surface area contributed by atoms with Crippen LogP contribution in [-0.2, 0) is 13.6 Å². The van der Waals surface area contributed by atoms with Crippen molar-refractivity contribution in [1.82, 2.24) is 0 Å². The van der Waals surface area contributed by atoms with Crippen LogP contribution in [0.3, 0.4) is 0 Å². The van der Waals surface area contributed by atoms with Gasteiger partial charge in [-0.15, -0.1) is 0 Å². The molecule has 0 spiro atoms. The van der Waals surface area contributed by atoms with E-state index >= 15 is 0 Å². The summed E-state index contributed by atoms with van der Waals surface area (Å²) in [7, 11) is -3.72. The van der Waals surface area contributed by atoms with Gasteiger partial charge in [0.25, 0.3) is 0 Å². The Balaban J connectivity index is 2.26. The van der Waals surface area contributed by atoms with Gasteiger partial charge < -0.3 is 8.85 Å².